The Morgan fingerprint density at radius 3 is 2.63 bits per heavy atom. The fourth-order valence-electron chi connectivity index (χ4n) is 4.86. The van der Waals surface area contributed by atoms with E-state index >= 15 is 0 Å². The van der Waals surface area contributed by atoms with Gasteiger partial charge in [0.2, 0.25) is 0 Å². The predicted molar refractivity (Wildman–Crippen MR) is 104 cm³/mol. The van der Waals surface area contributed by atoms with Gasteiger partial charge in [-0.15, -0.1) is 0 Å². The summed E-state index contributed by atoms with van der Waals surface area (Å²) in [4.78, 5) is 2.48. The molecule has 2 aromatic rings. The minimum absolute atomic E-state index is 0.173. The fraction of sp³-hybridized carbons (Fsp3) is 0.333. The molecule has 0 N–H and O–H groups in total. The number of rotatable bonds is 2. The third-order valence-corrected chi connectivity index (χ3v) is 7.94. The molecule has 0 radical (unpaired) electrons. The number of benzene rings is 2. The van der Waals surface area contributed by atoms with Gasteiger partial charge in [0.05, 0.1) is 16.9 Å². The van der Waals surface area contributed by atoms with Crippen molar-refractivity contribution in [1.82, 2.24) is 4.31 Å². The van der Waals surface area contributed by atoms with E-state index in [1.807, 2.05) is 44.3 Å². The Balaban J connectivity index is 1.64. The molecule has 0 amide bonds. The predicted octanol–water partition coefficient (Wildman–Crippen LogP) is 3.02. The number of nitrogens with zero attached hydrogens (tertiary/aromatic N) is 2. The van der Waals surface area contributed by atoms with Crippen molar-refractivity contribution in [2.75, 3.05) is 25.1 Å². The van der Waals surface area contributed by atoms with Gasteiger partial charge in [-0.05, 0) is 43.2 Å². The number of hydrogen-bond donors (Lipinski definition) is 0. The van der Waals surface area contributed by atoms with Crippen molar-refractivity contribution in [2.45, 2.75) is 29.9 Å². The molecular formula is C21H22N2O3S. The second-order valence-corrected chi connectivity index (χ2v) is 9.38. The first-order valence-corrected chi connectivity index (χ1v) is 10.6. The van der Waals surface area contributed by atoms with E-state index in [4.69, 9.17) is 4.74 Å². The Morgan fingerprint density at radius 2 is 1.85 bits per heavy atom. The highest BCUT2D eigenvalue weighted by molar-refractivity contribution is 7.89. The normalized spacial score (nSPS) is 26.4. The molecule has 0 bridgehead atoms. The molecule has 2 aromatic carbocycles. The standard InChI is InChI=1S/C21H22N2O3S/c1-15-7-9-16(10-8-15)27(24,25)23-13-12-21-17-5-3-4-6-18(17)22(2)20(21)26-14-11-19(21)23/h3-11,20H,12-14H2,1-2H3/t20-,21+/m1/s1. The van der Waals surface area contributed by atoms with Crippen molar-refractivity contribution in [1.29, 1.82) is 0 Å². The minimum Gasteiger partial charge on any atom is -0.353 e. The van der Waals surface area contributed by atoms with Crippen molar-refractivity contribution in [3.63, 3.8) is 0 Å². The number of likely N-dealkylation sites (N-methyl/N-ethyl adjacent to an activating group) is 1. The molecule has 1 spiro atoms. The summed E-state index contributed by atoms with van der Waals surface area (Å²) in [5.74, 6) is 0. The first kappa shape index (κ1) is 16.8. The molecule has 5 rings (SSSR count). The van der Waals surface area contributed by atoms with Crippen molar-refractivity contribution in [3.05, 3.63) is 71.4 Å². The zero-order valence-electron chi connectivity index (χ0n) is 15.4. The van der Waals surface area contributed by atoms with E-state index in [0.29, 0.717) is 18.0 Å². The Bertz CT molecular complexity index is 1050. The molecule has 5 nitrogen and oxygen atoms in total. The maximum absolute atomic E-state index is 13.4. The maximum Gasteiger partial charge on any atom is 0.264 e. The molecule has 0 unspecified atom stereocenters. The van der Waals surface area contributed by atoms with Crippen LogP contribution in [0.3, 0.4) is 0 Å². The second kappa shape index (κ2) is 5.59. The smallest absolute Gasteiger partial charge is 0.264 e. The first-order valence-electron chi connectivity index (χ1n) is 9.20. The van der Waals surface area contributed by atoms with E-state index in [9.17, 15) is 8.42 Å². The fourth-order valence-corrected chi connectivity index (χ4v) is 6.43. The van der Waals surface area contributed by atoms with Gasteiger partial charge in [-0.3, -0.25) is 4.31 Å². The molecular weight excluding hydrogens is 360 g/mol. The summed E-state index contributed by atoms with van der Waals surface area (Å²) in [6.45, 7) is 2.84. The van der Waals surface area contributed by atoms with Gasteiger partial charge in [-0.1, -0.05) is 35.9 Å². The Hall–Kier alpha value is -2.31. The van der Waals surface area contributed by atoms with Crippen LogP contribution in [0.5, 0.6) is 0 Å². The van der Waals surface area contributed by atoms with E-state index in [0.717, 1.165) is 28.9 Å². The molecule has 27 heavy (non-hydrogen) atoms. The number of anilines is 1. The van der Waals surface area contributed by atoms with Gasteiger partial charge < -0.3 is 9.64 Å². The molecule has 0 aromatic heterocycles. The molecule has 3 heterocycles. The van der Waals surface area contributed by atoms with Crippen molar-refractivity contribution in [3.8, 4) is 0 Å². The number of fused-ring (bicyclic) bond motifs is 1. The van der Waals surface area contributed by atoms with Crippen LogP contribution in [-0.2, 0) is 20.2 Å². The zero-order valence-corrected chi connectivity index (χ0v) is 16.2. The monoisotopic (exact) mass is 382 g/mol. The number of para-hydroxylation sites is 1. The summed E-state index contributed by atoms with van der Waals surface area (Å²) in [6.07, 6.45) is 2.49. The molecule has 140 valence electrons. The summed E-state index contributed by atoms with van der Waals surface area (Å²) < 4.78 is 34.5. The zero-order chi connectivity index (χ0) is 18.8. The lowest BCUT2D eigenvalue weighted by Crippen LogP contribution is -2.48. The summed E-state index contributed by atoms with van der Waals surface area (Å²) >= 11 is 0. The second-order valence-electron chi connectivity index (χ2n) is 7.51. The van der Waals surface area contributed by atoms with E-state index in [1.165, 1.54) is 0 Å². The lowest BCUT2D eigenvalue weighted by molar-refractivity contribution is 0.0224. The third-order valence-electron chi connectivity index (χ3n) is 6.11. The lowest BCUT2D eigenvalue weighted by Gasteiger charge is -2.39. The average molecular weight is 382 g/mol. The van der Waals surface area contributed by atoms with E-state index in [2.05, 4.69) is 17.0 Å². The van der Waals surface area contributed by atoms with Crippen LogP contribution in [0.15, 0.2) is 65.2 Å². The number of sulfonamides is 1. The molecule has 6 heteroatoms. The van der Waals surface area contributed by atoms with Crippen LogP contribution in [0.2, 0.25) is 0 Å². The van der Waals surface area contributed by atoms with Gasteiger partial charge in [0.1, 0.15) is 6.23 Å². The van der Waals surface area contributed by atoms with Crippen LogP contribution in [0.1, 0.15) is 17.5 Å². The first-order chi connectivity index (χ1) is 13.0. The highest BCUT2D eigenvalue weighted by Crippen LogP contribution is 2.57. The van der Waals surface area contributed by atoms with Crippen LogP contribution in [0, 0.1) is 6.92 Å². The van der Waals surface area contributed by atoms with Gasteiger partial charge in [0.25, 0.3) is 10.0 Å². The maximum atomic E-state index is 13.4. The lowest BCUT2D eigenvalue weighted by atomic mass is 9.76. The average Bonchev–Trinajstić information content (AvgIpc) is 3.19. The summed E-state index contributed by atoms with van der Waals surface area (Å²) in [5, 5.41) is 0. The van der Waals surface area contributed by atoms with E-state index in [1.54, 1.807) is 16.4 Å². The van der Waals surface area contributed by atoms with Gasteiger partial charge >= 0.3 is 0 Å². The summed E-state index contributed by atoms with van der Waals surface area (Å²) in [7, 11) is -1.57. The van der Waals surface area contributed by atoms with Gasteiger partial charge in [-0.2, -0.15) is 0 Å². The van der Waals surface area contributed by atoms with Gasteiger partial charge in [0, 0.05) is 25.0 Å². The molecule has 3 aliphatic heterocycles. The van der Waals surface area contributed by atoms with Crippen LogP contribution >= 0.6 is 0 Å². The topological polar surface area (TPSA) is 49.9 Å². The number of hydrogen-bond acceptors (Lipinski definition) is 4. The Kier molecular flexibility index (Phi) is 3.49. The minimum atomic E-state index is -3.60. The highest BCUT2D eigenvalue weighted by Gasteiger charge is 2.60. The van der Waals surface area contributed by atoms with Crippen LogP contribution in [0.25, 0.3) is 0 Å². The van der Waals surface area contributed by atoms with Crippen LogP contribution in [-0.4, -0.2) is 39.2 Å². The van der Waals surface area contributed by atoms with Gasteiger partial charge in [0.15, 0.2) is 0 Å². The largest absolute Gasteiger partial charge is 0.353 e. The molecule has 2 atom stereocenters. The molecule has 1 saturated heterocycles. The number of ether oxygens (including phenoxy) is 1. The van der Waals surface area contributed by atoms with Crippen molar-refractivity contribution >= 4 is 15.7 Å². The van der Waals surface area contributed by atoms with Crippen molar-refractivity contribution in [2.24, 2.45) is 0 Å². The van der Waals surface area contributed by atoms with Crippen LogP contribution in [0.4, 0.5) is 5.69 Å². The quantitative estimate of drug-likeness (QED) is 0.801. The summed E-state index contributed by atoms with van der Waals surface area (Å²) in [6, 6.07) is 15.3. The summed E-state index contributed by atoms with van der Waals surface area (Å²) in [5.41, 5.74) is 3.75. The molecule has 0 saturated carbocycles. The SMILES string of the molecule is Cc1ccc(S(=O)(=O)N2CC[C@]34C2=CCO[C@H]3N(C)c2ccccc24)cc1. The van der Waals surface area contributed by atoms with Crippen LogP contribution < -0.4 is 4.90 Å². The molecule has 1 fully saturated rings. The van der Waals surface area contributed by atoms with Gasteiger partial charge in [-0.25, -0.2) is 8.42 Å². The Labute approximate surface area is 159 Å². The Morgan fingerprint density at radius 1 is 1.11 bits per heavy atom. The number of aryl methyl sites for hydroxylation is 1. The third kappa shape index (κ3) is 2.11. The van der Waals surface area contributed by atoms with Crippen molar-refractivity contribution < 1.29 is 13.2 Å². The molecule has 0 aliphatic carbocycles. The molecule has 3 aliphatic rings. The van der Waals surface area contributed by atoms with E-state index < -0.39 is 15.4 Å². The highest BCUT2D eigenvalue weighted by atomic mass is 32.2. The van der Waals surface area contributed by atoms with E-state index in [-0.39, 0.29) is 6.23 Å².